The van der Waals surface area contributed by atoms with Crippen molar-refractivity contribution >= 4 is 5.91 Å². The van der Waals surface area contributed by atoms with Crippen molar-refractivity contribution < 1.29 is 9.90 Å². The second-order valence-corrected chi connectivity index (χ2v) is 6.51. The van der Waals surface area contributed by atoms with Crippen LogP contribution < -0.4 is 5.32 Å². The fourth-order valence-corrected chi connectivity index (χ4v) is 3.58. The Kier molecular flexibility index (Phi) is 4.39. The lowest BCUT2D eigenvalue weighted by Gasteiger charge is -2.27. The summed E-state index contributed by atoms with van der Waals surface area (Å²) in [5.74, 6) is 0.204. The van der Waals surface area contributed by atoms with E-state index < -0.39 is 0 Å². The average molecular weight is 348 g/mol. The molecule has 6 nitrogen and oxygen atoms in total. The third-order valence-corrected chi connectivity index (χ3v) is 4.85. The maximum atomic E-state index is 12.9. The van der Waals surface area contributed by atoms with Gasteiger partial charge in [-0.25, -0.2) is 9.67 Å². The fraction of sp³-hybridized carbons (Fsp3) is 0.250. The topological polar surface area (TPSA) is 80.0 Å². The SMILES string of the molecule is O=C(NC1CCCc2c(O)cccc21)c1ccccc1Cn1cncn1. The number of benzene rings is 2. The number of phenols is 1. The van der Waals surface area contributed by atoms with E-state index in [-0.39, 0.29) is 11.9 Å². The van der Waals surface area contributed by atoms with Crippen molar-refractivity contribution in [1.29, 1.82) is 0 Å². The number of aromatic hydroxyl groups is 1. The van der Waals surface area contributed by atoms with Crippen LogP contribution in [-0.4, -0.2) is 25.8 Å². The van der Waals surface area contributed by atoms with Crippen LogP contribution in [0.25, 0.3) is 0 Å². The molecule has 6 heteroatoms. The van der Waals surface area contributed by atoms with Gasteiger partial charge in [0.15, 0.2) is 0 Å². The first-order valence-electron chi connectivity index (χ1n) is 8.74. The number of nitrogens with one attached hydrogen (secondary N) is 1. The number of rotatable bonds is 4. The van der Waals surface area contributed by atoms with Crippen molar-refractivity contribution in [3.63, 3.8) is 0 Å². The summed E-state index contributed by atoms with van der Waals surface area (Å²) in [6.07, 6.45) is 5.77. The first-order chi connectivity index (χ1) is 12.7. The zero-order chi connectivity index (χ0) is 17.9. The lowest BCUT2D eigenvalue weighted by molar-refractivity contribution is 0.0931. The Morgan fingerprint density at radius 2 is 2.12 bits per heavy atom. The maximum Gasteiger partial charge on any atom is 0.252 e. The summed E-state index contributed by atoms with van der Waals surface area (Å²) in [6, 6.07) is 13.0. The van der Waals surface area contributed by atoms with E-state index in [9.17, 15) is 9.90 Å². The van der Waals surface area contributed by atoms with Gasteiger partial charge in [-0.15, -0.1) is 0 Å². The Hall–Kier alpha value is -3.15. The van der Waals surface area contributed by atoms with Gasteiger partial charge in [0.25, 0.3) is 5.91 Å². The molecule has 0 fully saturated rings. The number of carbonyl (C=O) groups excluding carboxylic acids is 1. The summed E-state index contributed by atoms with van der Waals surface area (Å²) in [4.78, 5) is 16.9. The van der Waals surface area contributed by atoms with Crippen LogP contribution in [0.2, 0.25) is 0 Å². The van der Waals surface area contributed by atoms with Gasteiger partial charge in [0.2, 0.25) is 0 Å². The molecule has 1 unspecified atom stereocenters. The third-order valence-electron chi connectivity index (χ3n) is 4.85. The zero-order valence-corrected chi connectivity index (χ0v) is 14.3. The second kappa shape index (κ2) is 7.00. The van der Waals surface area contributed by atoms with Gasteiger partial charge < -0.3 is 10.4 Å². The minimum Gasteiger partial charge on any atom is -0.508 e. The van der Waals surface area contributed by atoms with Crippen molar-refractivity contribution in [2.24, 2.45) is 0 Å². The molecule has 0 saturated heterocycles. The highest BCUT2D eigenvalue weighted by Crippen LogP contribution is 2.34. The lowest BCUT2D eigenvalue weighted by atomic mass is 9.87. The quantitative estimate of drug-likeness (QED) is 0.760. The Bertz CT molecular complexity index is 921. The average Bonchev–Trinajstić information content (AvgIpc) is 3.16. The molecule has 1 heterocycles. The highest BCUT2D eigenvalue weighted by atomic mass is 16.3. The summed E-state index contributed by atoms with van der Waals surface area (Å²) in [7, 11) is 0. The van der Waals surface area contributed by atoms with E-state index in [2.05, 4.69) is 15.4 Å². The molecule has 0 spiro atoms. The van der Waals surface area contributed by atoms with Crippen molar-refractivity contribution in [3.8, 4) is 5.75 Å². The first kappa shape index (κ1) is 16.3. The molecule has 0 radical (unpaired) electrons. The minimum absolute atomic E-state index is 0.0854. The molecule has 1 amide bonds. The van der Waals surface area contributed by atoms with Crippen LogP contribution in [-0.2, 0) is 13.0 Å². The van der Waals surface area contributed by atoms with Gasteiger partial charge in [-0.3, -0.25) is 4.79 Å². The Balaban J connectivity index is 1.58. The number of aromatic nitrogens is 3. The maximum absolute atomic E-state index is 12.9. The molecule has 2 N–H and O–H groups in total. The molecule has 1 atom stereocenters. The Labute approximate surface area is 151 Å². The van der Waals surface area contributed by atoms with Gasteiger partial charge in [-0.05, 0) is 48.1 Å². The number of fused-ring (bicyclic) bond motifs is 1. The monoisotopic (exact) mass is 348 g/mol. The van der Waals surface area contributed by atoms with Gasteiger partial charge in [0, 0.05) is 5.56 Å². The van der Waals surface area contributed by atoms with E-state index in [0.717, 1.165) is 36.0 Å². The van der Waals surface area contributed by atoms with Crippen molar-refractivity contribution in [3.05, 3.63) is 77.4 Å². The smallest absolute Gasteiger partial charge is 0.252 e. The molecule has 0 bridgehead atoms. The fourth-order valence-electron chi connectivity index (χ4n) is 3.58. The number of carbonyl (C=O) groups is 1. The van der Waals surface area contributed by atoms with E-state index in [0.29, 0.717) is 17.9 Å². The van der Waals surface area contributed by atoms with Gasteiger partial charge in [0.1, 0.15) is 18.4 Å². The number of hydrogen-bond acceptors (Lipinski definition) is 4. The molecule has 26 heavy (non-hydrogen) atoms. The summed E-state index contributed by atoms with van der Waals surface area (Å²) in [6.45, 7) is 0.492. The third kappa shape index (κ3) is 3.18. The standard InChI is InChI=1S/C20H20N4O2/c25-19-10-4-7-16-17(19)8-3-9-18(16)23-20(26)15-6-2-1-5-14(15)11-24-13-21-12-22-24/h1-2,4-7,10,12-13,18,25H,3,8-9,11H2,(H,23,26). The molecule has 132 valence electrons. The molecule has 0 aliphatic heterocycles. The van der Waals surface area contributed by atoms with Crippen LogP contribution in [0.1, 0.15) is 45.9 Å². The van der Waals surface area contributed by atoms with E-state index in [1.807, 2.05) is 36.4 Å². The first-order valence-corrected chi connectivity index (χ1v) is 8.74. The lowest BCUT2D eigenvalue weighted by Crippen LogP contribution is -2.31. The molecular weight excluding hydrogens is 328 g/mol. The van der Waals surface area contributed by atoms with Crippen LogP contribution in [0.3, 0.4) is 0 Å². The van der Waals surface area contributed by atoms with E-state index >= 15 is 0 Å². The molecule has 0 saturated carbocycles. The minimum atomic E-state index is -0.109. The zero-order valence-electron chi connectivity index (χ0n) is 14.3. The normalized spacial score (nSPS) is 16.1. The predicted molar refractivity (Wildman–Crippen MR) is 96.8 cm³/mol. The van der Waals surface area contributed by atoms with Gasteiger partial charge in [-0.2, -0.15) is 5.10 Å². The summed E-state index contributed by atoms with van der Waals surface area (Å²) >= 11 is 0. The summed E-state index contributed by atoms with van der Waals surface area (Å²) in [5, 5.41) is 17.3. The van der Waals surface area contributed by atoms with E-state index in [4.69, 9.17) is 0 Å². The predicted octanol–water partition coefficient (Wildman–Crippen LogP) is 2.84. The van der Waals surface area contributed by atoms with E-state index in [1.165, 1.54) is 6.33 Å². The number of nitrogens with zero attached hydrogens (tertiary/aromatic N) is 3. The molecule has 4 rings (SSSR count). The summed E-state index contributed by atoms with van der Waals surface area (Å²) < 4.78 is 1.69. The van der Waals surface area contributed by atoms with Crippen LogP contribution in [0.5, 0.6) is 5.75 Å². The highest BCUT2D eigenvalue weighted by Gasteiger charge is 2.24. The number of phenolic OH excluding ortho intramolecular Hbond substituents is 1. The molecular formula is C20H20N4O2. The summed E-state index contributed by atoms with van der Waals surface area (Å²) in [5.41, 5.74) is 3.48. The molecule has 1 aliphatic rings. The molecule has 1 aliphatic carbocycles. The second-order valence-electron chi connectivity index (χ2n) is 6.51. The van der Waals surface area contributed by atoms with Crippen LogP contribution in [0, 0.1) is 0 Å². The number of amides is 1. The van der Waals surface area contributed by atoms with Gasteiger partial charge >= 0.3 is 0 Å². The Morgan fingerprint density at radius 1 is 1.23 bits per heavy atom. The molecule has 3 aromatic rings. The van der Waals surface area contributed by atoms with Crippen LogP contribution in [0.4, 0.5) is 0 Å². The van der Waals surface area contributed by atoms with Crippen molar-refractivity contribution in [1.82, 2.24) is 20.1 Å². The van der Waals surface area contributed by atoms with Crippen molar-refractivity contribution in [2.45, 2.75) is 31.8 Å². The highest BCUT2D eigenvalue weighted by molar-refractivity contribution is 5.96. The van der Waals surface area contributed by atoms with Gasteiger partial charge in [0.05, 0.1) is 12.6 Å². The van der Waals surface area contributed by atoms with Crippen LogP contribution in [0.15, 0.2) is 55.1 Å². The molecule has 1 aromatic heterocycles. The van der Waals surface area contributed by atoms with Crippen LogP contribution >= 0.6 is 0 Å². The largest absolute Gasteiger partial charge is 0.508 e. The van der Waals surface area contributed by atoms with E-state index in [1.54, 1.807) is 17.1 Å². The molecule has 2 aromatic carbocycles. The Morgan fingerprint density at radius 3 is 2.96 bits per heavy atom. The van der Waals surface area contributed by atoms with Crippen molar-refractivity contribution in [2.75, 3.05) is 0 Å². The number of hydrogen-bond donors (Lipinski definition) is 2. The van der Waals surface area contributed by atoms with Gasteiger partial charge in [-0.1, -0.05) is 30.3 Å².